The molecule has 1 aliphatic rings. The van der Waals surface area contributed by atoms with Gasteiger partial charge in [0.15, 0.2) is 11.5 Å². The van der Waals surface area contributed by atoms with E-state index in [-0.39, 0.29) is 5.91 Å². The number of benzene rings is 1. The molecule has 1 amide bonds. The van der Waals surface area contributed by atoms with Gasteiger partial charge in [-0.2, -0.15) is 0 Å². The Morgan fingerprint density at radius 1 is 1.46 bits per heavy atom. The van der Waals surface area contributed by atoms with Crippen molar-refractivity contribution in [2.45, 2.75) is 19.6 Å². The molecule has 6 nitrogen and oxygen atoms in total. The third kappa shape index (κ3) is 3.85. The summed E-state index contributed by atoms with van der Waals surface area (Å²) in [6.45, 7) is 4.70. The number of hydrogen-bond acceptors (Lipinski definition) is 6. The minimum absolute atomic E-state index is 0.0210. The van der Waals surface area contributed by atoms with Gasteiger partial charge >= 0.3 is 0 Å². The number of ether oxygens (including phenoxy) is 2. The van der Waals surface area contributed by atoms with Crippen LogP contribution in [0.3, 0.4) is 0 Å². The summed E-state index contributed by atoms with van der Waals surface area (Å²) in [6.07, 6.45) is 0. The number of methoxy groups -OCH3 is 1. The zero-order valence-corrected chi connectivity index (χ0v) is 14.6. The maximum absolute atomic E-state index is 12.7. The summed E-state index contributed by atoms with van der Waals surface area (Å²) >= 11 is 1.53. The molecular weight excluding hydrogens is 326 g/mol. The number of piperazine rings is 1. The Labute approximate surface area is 145 Å². The van der Waals surface area contributed by atoms with E-state index in [1.165, 1.54) is 11.3 Å². The number of nitrogens with one attached hydrogen (secondary N) is 1. The molecule has 0 bridgehead atoms. The number of amides is 1. The minimum Gasteiger partial charge on any atom is -0.493 e. The van der Waals surface area contributed by atoms with Gasteiger partial charge in [-0.05, 0) is 25.1 Å². The molecule has 3 rings (SSSR count). The molecule has 0 spiro atoms. The van der Waals surface area contributed by atoms with Crippen LogP contribution in [-0.4, -0.2) is 48.6 Å². The minimum atomic E-state index is 0.0210. The third-order valence-corrected chi connectivity index (χ3v) is 4.56. The zero-order chi connectivity index (χ0) is 16.9. The second kappa shape index (κ2) is 7.63. The van der Waals surface area contributed by atoms with Crippen molar-refractivity contribution in [3.05, 3.63) is 40.3 Å². The maximum atomic E-state index is 12.7. The number of carbonyl (C=O) groups is 1. The van der Waals surface area contributed by atoms with Crippen LogP contribution >= 0.6 is 11.3 Å². The van der Waals surface area contributed by atoms with Gasteiger partial charge in [0.1, 0.15) is 6.61 Å². The average molecular weight is 347 g/mol. The number of carbonyl (C=O) groups excluding carboxylic acids is 1. The standard InChI is InChI=1S/C17H21N3O3S/c1-12-8-20(6-5-18-12)17(21)13-3-4-15(16(7-13)22-2)23-9-14-10-24-11-19-14/h3-4,7,10-12,18H,5-6,8-9H2,1-2H3. The molecule has 1 aromatic carbocycles. The Kier molecular flexibility index (Phi) is 5.32. The highest BCUT2D eigenvalue weighted by Crippen LogP contribution is 2.29. The predicted molar refractivity (Wildman–Crippen MR) is 92.8 cm³/mol. The van der Waals surface area contributed by atoms with Crippen LogP contribution in [-0.2, 0) is 6.61 Å². The summed E-state index contributed by atoms with van der Waals surface area (Å²) in [5.41, 5.74) is 3.26. The first-order valence-electron chi connectivity index (χ1n) is 7.88. The summed E-state index contributed by atoms with van der Waals surface area (Å²) in [6, 6.07) is 5.62. The molecule has 7 heteroatoms. The molecule has 0 saturated carbocycles. The molecule has 1 unspecified atom stereocenters. The fourth-order valence-electron chi connectivity index (χ4n) is 2.68. The Morgan fingerprint density at radius 2 is 2.33 bits per heavy atom. The van der Waals surface area contributed by atoms with Gasteiger partial charge in [-0.3, -0.25) is 4.79 Å². The van der Waals surface area contributed by atoms with Gasteiger partial charge in [0, 0.05) is 36.6 Å². The molecule has 0 aliphatic carbocycles. The van der Waals surface area contributed by atoms with E-state index < -0.39 is 0 Å². The number of rotatable bonds is 5. The fraction of sp³-hybridized carbons (Fsp3) is 0.412. The molecule has 2 aromatic rings. The third-order valence-electron chi connectivity index (χ3n) is 3.93. The Hall–Kier alpha value is -2.12. The molecule has 1 N–H and O–H groups in total. The van der Waals surface area contributed by atoms with Crippen molar-refractivity contribution in [2.24, 2.45) is 0 Å². The fourth-order valence-corrected chi connectivity index (χ4v) is 3.22. The number of nitrogens with zero attached hydrogens (tertiary/aromatic N) is 2. The van der Waals surface area contributed by atoms with E-state index in [0.717, 1.165) is 12.2 Å². The predicted octanol–water partition coefficient (Wildman–Crippen LogP) is 2.16. The summed E-state index contributed by atoms with van der Waals surface area (Å²) in [5, 5.41) is 5.28. The molecule has 1 fully saturated rings. The van der Waals surface area contributed by atoms with Gasteiger partial charge in [0.25, 0.3) is 5.91 Å². The SMILES string of the molecule is COc1cc(C(=O)N2CCNC(C)C2)ccc1OCc1cscn1. The van der Waals surface area contributed by atoms with Crippen LogP contribution in [0.1, 0.15) is 23.0 Å². The summed E-state index contributed by atoms with van der Waals surface area (Å²) in [4.78, 5) is 18.7. The van der Waals surface area contributed by atoms with Crippen LogP contribution in [0.2, 0.25) is 0 Å². The van der Waals surface area contributed by atoms with E-state index in [4.69, 9.17) is 9.47 Å². The molecular formula is C17H21N3O3S. The van der Waals surface area contributed by atoms with Crippen molar-refractivity contribution >= 4 is 17.2 Å². The maximum Gasteiger partial charge on any atom is 0.254 e. The molecule has 1 atom stereocenters. The van der Waals surface area contributed by atoms with Crippen molar-refractivity contribution in [1.29, 1.82) is 0 Å². The van der Waals surface area contributed by atoms with Crippen molar-refractivity contribution in [3.8, 4) is 11.5 Å². The second-order valence-electron chi connectivity index (χ2n) is 5.74. The molecule has 2 heterocycles. The Bertz CT molecular complexity index is 690. The lowest BCUT2D eigenvalue weighted by molar-refractivity contribution is 0.0708. The smallest absolute Gasteiger partial charge is 0.254 e. The van der Waals surface area contributed by atoms with Crippen LogP contribution in [0.4, 0.5) is 0 Å². The molecule has 1 saturated heterocycles. The first kappa shape index (κ1) is 16.7. The van der Waals surface area contributed by atoms with Gasteiger partial charge in [-0.15, -0.1) is 11.3 Å². The topological polar surface area (TPSA) is 63.7 Å². The average Bonchev–Trinajstić information content (AvgIpc) is 3.12. The number of hydrogen-bond donors (Lipinski definition) is 1. The quantitative estimate of drug-likeness (QED) is 0.898. The zero-order valence-electron chi connectivity index (χ0n) is 13.8. The Balaban J connectivity index is 1.72. The van der Waals surface area contributed by atoms with Crippen LogP contribution in [0.5, 0.6) is 11.5 Å². The number of aromatic nitrogens is 1. The summed E-state index contributed by atoms with van der Waals surface area (Å²) in [7, 11) is 1.58. The molecule has 24 heavy (non-hydrogen) atoms. The van der Waals surface area contributed by atoms with Crippen LogP contribution < -0.4 is 14.8 Å². The van der Waals surface area contributed by atoms with Gasteiger partial charge < -0.3 is 19.7 Å². The normalized spacial score (nSPS) is 17.6. The van der Waals surface area contributed by atoms with E-state index in [1.54, 1.807) is 30.8 Å². The van der Waals surface area contributed by atoms with Crippen LogP contribution in [0.15, 0.2) is 29.1 Å². The van der Waals surface area contributed by atoms with Crippen molar-refractivity contribution < 1.29 is 14.3 Å². The molecule has 128 valence electrons. The van der Waals surface area contributed by atoms with E-state index in [0.29, 0.717) is 42.8 Å². The van der Waals surface area contributed by atoms with Crippen molar-refractivity contribution in [2.75, 3.05) is 26.7 Å². The van der Waals surface area contributed by atoms with Crippen molar-refractivity contribution in [3.63, 3.8) is 0 Å². The van der Waals surface area contributed by atoms with Crippen LogP contribution in [0.25, 0.3) is 0 Å². The van der Waals surface area contributed by atoms with Gasteiger partial charge in [0.2, 0.25) is 0 Å². The van der Waals surface area contributed by atoms with E-state index in [9.17, 15) is 4.79 Å². The molecule has 1 aromatic heterocycles. The second-order valence-corrected chi connectivity index (χ2v) is 6.46. The van der Waals surface area contributed by atoms with Crippen LogP contribution in [0, 0.1) is 0 Å². The first-order valence-corrected chi connectivity index (χ1v) is 8.82. The van der Waals surface area contributed by atoms with Gasteiger partial charge in [0.05, 0.1) is 18.3 Å². The largest absolute Gasteiger partial charge is 0.493 e. The summed E-state index contributed by atoms with van der Waals surface area (Å²) < 4.78 is 11.1. The monoisotopic (exact) mass is 347 g/mol. The highest BCUT2D eigenvalue weighted by Gasteiger charge is 2.22. The highest BCUT2D eigenvalue weighted by molar-refractivity contribution is 7.07. The van der Waals surface area contributed by atoms with E-state index in [2.05, 4.69) is 17.2 Å². The molecule has 1 aliphatic heterocycles. The van der Waals surface area contributed by atoms with Crippen molar-refractivity contribution in [1.82, 2.24) is 15.2 Å². The van der Waals surface area contributed by atoms with Gasteiger partial charge in [-0.1, -0.05) is 0 Å². The lowest BCUT2D eigenvalue weighted by Crippen LogP contribution is -2.51. The molecule has 0 radical (unpaired) electrons. The number of thiazole rings is 1. The summed E-state index contributed by atoms with van der Waals surface area (Å²) in [5.74, 6) is 1.18. The highest BCUT2D eigenvalue weighted by atomic mass is 32.1. The van der Waals surface area contributed by atoms with E-state index >= 15 is 0 Å². The van der Waals surface area contributed by atoms with Gasteiger partial charge in [-0.25, -0.2) is 4.98 Å². The Morgan fingerprint density at radius 3 is 3.04 bits per heavy atom. The lowest BCUT2D eigenvalue weighted by atomic mass is 10.1. The lowest BCUT2D eigenvalue weighted by Gasteiger charge is -2.32. The van der Waals surface area contributed by atoms with E-state index in [1.807, 2.05) is 10.3 Å². The first-order chi connectivity index (χ1) is 11.7.